The van der Waals surface area contributed by atoms with E-state index in [1.807, 2.05) is 0 Å². The smallest absolute Gasteiger partial charge is 0.169 e. The van der Waals surface area contributed by atoms with Crippen molar-refractivity contribution in [3.63, 3.8) is 0 Å². The van der Waals surface area contributed by atoms with Crippen LogP contribution in [0.4, 0.5) is 0 Å². The predicted molar refractivity (Wildman–Crippen MR) is 120 cm³/mol. The van der Waals surface area contributed by atoms with Gasteiger partial charge >= 0.3 is 0 Å². The summed E-state index contributed by atoms with van der Waals surface area (Å²) in [5, 5.41) is 19.3. The van der Waals surface area contributed by atoms with Crippen molar-refractivity contribution in [1.82, 2.24) is 0 Å². The lowest BCUT2D eigenvalue weighted by Gasteiger charge is -2.19. The lowest BCUT2D eigenvalue weighted by atomic mass is 10.0. The molecule has 1 aromatic carbocycles. The minimum absolute atomic E-state index is 0.131. The molecule has 0 bridgehead atoms. The van der Waals surface area contributed by atoms with Gasteiger partial charge in [0.05, 0.1) is 6.10 Å². The summed E-state index contributed by atoms with van der Waals surface area (Å²) in [7, 11) is 0. The van der Waals surface area contributed by atoms with Crippen molar-refractivity contribution >= 4 is 0 Å². The molecule has 0 aliphatic carbocycles. The van der Waals surface area contributed by atoms with Crippen LogP contribution in [0.3, 0.4) is 0 Å². The largest absolute Gasteiger partial charge is 0.508 e. The van der Waals surface area contributed by atoms with Gasteiger partial charge in [-0.05, 0) is 25.5 Å². The maximum Gasteiger partial charge on any atom is 0.169 e. The summed E-state index contributed by atoms with van der Waals surface area (Å²) in [6.45, 7) is 3.99. The van der Waals surface area contributed by atoms with Crippen LogP contribution < -0.4 is 4.89 Å². The summed E-state index contributed by atoms with van der Waals surface area (Å²) in [6, 6.07) is 6.48. The molecule has 0 heterocycles. The minimum Gasteiger partial charge on any atom is -0.508 e. The van der Waals surface area contributed by atoms with Gasteiger partial charge in [0, 0.05) is 6.07 Å². The topological polar surface area (TPSA) is 58.9 Å². The zero-order chi connectivity index (χ0) is 21.2. The van der Waals surface area contributed by atoms with Crippen LogP contribution in [-0.4, -0.2) is 22.4 Å². The molecule has 0 spiro atoms. The van der Waals surface area contributed by atoms with Gasteiger partial charge < -0.3 is 15.1 Å². The number of phenols is 1. The summed E-state index contributed by atoms with van der Waals surface area (Å²) in [6.07, 6.45) is 18.5. The van der Waals surface area contributed by atoms with Crippen LogP contribution in [0, 0.1) is 0 Å². The maximum absolute atomic E-state index is 9.89. The summed E-state index contributed by atoms with van der Waals surface area (Å²) in [5.74, 6) is 0.572. The van der Waals surface area contributed by atoms with Gasteiger partial charge in [-0.25, -0.2) is 0 Å². The second-order valence-electron chi connectivity index (χ2n) is 8.34. The maximum atomic E-state index is 9.89. The first-order valence-corrected chi connectivity index (χ1v) is 11.9. The van der Waals surface area contributed by atoms with Gasteiger partial charge in [-0.2, -0.15) is 4.89 Å². The van der Waals surface area contributed by atoms with E-state index in [1.165, 1.54) is 83.1 Å². The van der Waals surface area contributed by atoms with Crippen LogP contribution in [0.2, 0.25) is 0 Å². The van der Waals surface area contributed by atoms with E-state index in [-0.39, 0.29) is 11.9 Å². The second kappa shape index (κ2) is 17.6. The summed E-state index contributed by atoms with van der Waals surface area (Å²) < 4.78 is 0. The summed E-state index contributed by atoms with van der Waals surface area (Å²) >= 11 is 0. The molecule has 0 aliphatic rings. The van der Waals surface area contributed by atoms with Gasteiger partial charge in [-0.1, -0.05) is 103 Å². The number of hydrogen-bond donors (Lipinski definition) is 2. The number of phenolic OH excluding ortho intramolecular Hbond substituents is 1. The van der Waals surface area contributed by atoms with E-state index in [0.717, 1.165) is 19.3 Å². The minimum atomic E-state index is -0.589. The fraction of sp³-hybridized carbons (Fsp3) is 0.760. The van der Waals surface area contributed by atoms with Crippen molar-refractivity contribution in [3.05, 3.63) is 24.3 Å². The normalized spacial score (nSPS) is 13.3. The van der Waals surface area contributed by atoms with Crippen LogP contribution in [0.1, 0.15) is 110 Å². The van der Waals surface area contributed by atoms with Crippen molar-refractivity contribution in [3.8, 4) is 11.5 Å². The molecule has 4 heteroatoms. The third-order valence-electron chi connectivity index (χ3n) is 5.47. The number of aliphatic hydroxyl groups is 1. The van der Waals surface area contributed by atoms with Crippen LogP contribution >= 0.6 is 0 Å². The van der Waals surface area contributed by atoms with Gasteiger partial charge in [0.25, 0.3) is 0 Å². The Hall–Kier alpha value is -1.26. The molecule has 0 saturated heterocycles. The highest BCUT2D eigenvalue weighted by Crippen LogP contribution is 2.20. The van der Waals surface area contributed by atoms with Gasteiger partial charge in [-0.15, -0.1) is 0 Å². The van der Waals surface area contributed by atoms with Crippen molar-refractivity contribution in [2.75, 3.05) is 0 Å². The third kappa shape index (κ3) is 14.4. The molecular weight excluding hydrogens is 364 g/mol. The van der Waals surface area contributed by atoms with Crippen molar-refractivity contribution in [2.45, 2.75) is 122 Å². The first-order chi connectivity index (χ1) is 14.1. The molecule has 0 radical (unpaired) electrons. The number of aromatic hydroxyl groups is 1. The highest BCUT2D eigenvalue weighted by atomic mass is 17.2. The quantitative estimate of drug-likeness (QED) is 0.143. The summed E-state index contributed by atoms with van der Waals surface area (Å²) in [4.78, 5) is 10.7. The molecule has 2 unspecified atom stereocenters. The zero-order valence-electron chi connectivity index (χ0n) is 18.8. The highest BCUT2D eigenvalue weighted by Gasteiger charge is 2.17. The molecule has 2 N–H and O–H groups in total. The molecule has 168 valence electrons. The Morgan fingerprint density at radius 3 is 1.79 bits per heavy atom. The van der Waals surface area contributed by atoms with E-state index in [9.17, 15) is 10.2 Å². The first kappa shape index (κ1) is 25.8. The van der Waals surface area contributed by atoms with Crippen molar-refractivity contribution < 1.29 is 20.0 Å². The van der Waals surface area contributed by atoms with Gasteiger partial charge in [-0.3, -0.25) is 0 Å². The molecule has 0 aliphatic heterocycles. The van der Waals surface area contributed by atoms with Crippen LogP contribution in [0.5, 0.6) is 11.5 Å². The number of aliphatic hydroxyl groups excluding tert-OH is 1. The Balaban J connectivity index is 1.96. The van der Waals surface area contributed by atoms with Crippen molar-refractivity contribution in [2.24, 2.45) is 0 Å². The third-order valence-corrected chi connectivity index (χ3v) is 5.47. The van der Waals surface area contributed by atoms with E-state index in [4.69, 9.17) is 9.78 Å². The summed E-state index contributed by atoms with van der Waals surface area (Å²) in [5.41, 5.74) is 0. The van der Waals surface area contributed by atoms with Gasteiger partial charge in [0.15, 0.2) is 5.75 Å². The SMILES string of the molecule is CCCCCCCCCCCCCCCCC(OOc1cccc(O)c1)C(C)O. The van der Waals surface area contributed by atoms with Crippen LogP contribution in [0.15, 0.2) is 24.3 Å². The lowest BCUT2D eigenvalue weighted by Crippen LogP contribution is -2.27. The fourth-order valence-electron chi connectivity index (χ4n) is 3.56. The second-order valence-corrected chi connectivity index (χ2v) is 8.34. The van der Waals surface area contributed by atoms with Gasteiger partial charge in [0.1, 0.15) is 11.9 Å². The van der Waals surface area contributed by atoms with E-state index < -0.39 is 6.10 Å². The van der Waals surface area contributed by atoms with Crippen LogP contribution in [-0.2, 0) is 4.89 Å². The molecule has 2 atom stereocenters. The molecule has 0 fully saturated rings. The highest BCUT2D eigenvalue weighted by molar-refractivity contribution is 5.31. The molecule has 1 rings (SSSR count). The lowest BCUT2D eigenvalue weighted by molar-refractivity contribution is -0.265. The average Bonchev–Trinajstić information content (AvgIpc) is 2.70. The molecule has 4 nitrogen and oxygen atoms in total. The predicted octanol–water partition coefficient (Wildman–Crippen LogP) is 7.32. The number of rotatable bonds is 19. The standard InChI is InChI=1S/C25H44O4/c1-3-4-5-6-7-8-9-10-11-12-13-14-15-16-20-25(22(2)26)29-28-24-19-17-18-23(27)21-24/h17-19,21-22,25-27H,3-16,20H2,1-2H3. The Morgan fingerprint density at radius 1 is 0.793 bits per heavy atom. The molecule has 29 heavy (non-hydrogen) atoms. The average molecular weight is 409 g/mol. The molecule has 0 amide bonds. The molecule has 1 aromatic rings. The Morgan fingerprint density at radius 2 is 1.31 bits per heavy atom. The molecular formula is C25H44O4. The monoisotopic (exact) mass is 408 g/mol. The first-order valence-electron chi connectivity index (χ1n) is 11.9. The number of unbranched alkanes of at least 4 members (excludes halogenated alkanes) is 13. The van der Waals surface area contributed by atoms with E-state index >= 15 is 0 Å². The van der Waals surface area contributed by atoms with Crippen LogP contribution in [0.25, 0.3) is 0 Å². The van der Waals surface area contributed by atoms with Gasteiger partial charge in [0.2, 0.25) is 0 Å². The Labute approximate surface area is 178 Å². The molecule has 0 aromatic heterocycles. The number of hydrogen-bond acceptors (Lipinski definition) is 4. The molecule has 0 saturated carbocycles. The zero-order valence-corrected chi connectivity index (χ0v) is 18.8. The fourth-order valence-corrected chi connectivity index (χ4v) is 3.56. The Kier molecular flexibility index (Phi) is 15.6. The van der Waals surface area contributed by atoms with E-state index in [1.54, 1.807) is 25.1 Å². The van der Waals surface area contributed by atoms with Crippen molar-refractivity contribution in [1.29, 1.82) is 0 Å². The number of benzene rings is 1. The van der Waals surface area contributed by atoms with E-state index in [2.05, 4.69) is 6.92 Å². The Bertz CT molecular complexity index is 489. The van der Waals surface area contributed by atoms with E-state index in [0.29, 0.717) is 5.75 Å².